The first-order valence-electron chi connectivity index (χ1n) is 15.5. The van der Waals surface area contributed by atoms with E-state index in [0.29, 0.717) is 0 Å². The van der Waals surface area contributed by atoms with Crippen molar-refractivity contribution in [3.63, 3.8) is 0 Å². The second-order valence-electron chi connectivity index (χ2n) is 11.9. The highest BCUT2D eigenvalue weighted by Crippen LogP contribution is 2.58. The Morgan fingerprint density at radius 1 is 0.478 bits per heavy atom. The molecule has 0 radical (unpaired) electrons. The number of nitrogens with one attached hydrogen (secondary N) is 1. The molecule has 0 fully saturated rings. The number of hydrogen-bond donors (Lipinski definition) is 1. The molecule has 1 heterocycles. The van der Waals surface area contributed by atoms with Crippen molar-refractivity contribution >= 4 is 44.9 Å². The van der Waals surface area contributed by atoms with E-state index in [2.05, 4.69) is 151 Å². The van der Waals surface area contributed by atoms with Crippen LogP contribution in [0.2, 0.25) is 5.02 Å². The lowest BCUT2D eigenvalue weighted by atomic mass is 9.67. The van der Waals surface area contributed by atoms with Gasteiger partial charge in [0.2, 0.25) is 0 Å². The lowest BCUT2D eigenvalue weighted by molar-refractivity contribution is 0.669. The summed E-state index contributed by atoms with van der Waals surface area (Å²) in [7, 11) is 0. The summed E-state index contributed by atoms with van der Waals surface area (Å²) >= 11 is 7.25. The van der Waals surface area contributed by atoms with Crippen LogP contribution in [0, 0.1) is 0 Å². The van der Waals surface area contributed by atoms with Gasteiger partial charge in [-0.1, -0.05) is 127 Å². The molecule has 1 aliphatic carbocycles. The molecule has 0 amide bonds. The highest BCUT2D eigenvalue weighted by molar-refractivity contribution is 6.34. The molecule has 0 aliphatic heterocycles. The van der Waals surface area contributed by atoms with Crippen LogP contribution in [0.1, 0.15) is 22.3 Å². The van der Waals surface area contributed by atoms with Crippen molar-refractivity contribution in [1.82, 2.24) is 0 Å². The van der Waals surface area contributed by atoms with Crippen LogP contribution in [0.3, 0.4) is 0 Å². The molecule has 8 aromatic rings. The number of hydrogen-bond acceptors (Lipinski definition) is 2. The van der Waals surface area contributed by atoms with Gasteiger partial charge in [0, 0.05) is 38.8 Å². The molecule has 0 unspecified atom stereocenters. The van der Waals surface area contributed by atoms with Gasteiger partial charge in [-0.25, -0.2) is 0 Å². The molecule has 0 saturated heterocycles. The summed E-state index contributed by atoms with van der Waals surface area (Å²) in [6, 6.07) is 57.8. The molecule has 7 aromatic carbocycles. The Morgan fingerprint density at radius 3 is 1.87 bits per heavy atom. The number of rotatable bonds is 5. The van der Waals surface area contributed by atoms with Crippen molar-refractivity contribution in [2.75, 3.05) is 5.32 Å². The first-order valence-corrected chi connectivity index (χ1v) is 15.9. The van der Waals surface area contributed by atoms with Crippen LogP contribution < -0.4 is 5.32 Å². The minimum Gasteiger partial charge on any atom is -0.456 e. The molecule has 0 saturated carbocycles. The average molecular weight is 610 g/mol. The summed E-state index contributed by atoms with van der Waals surface area (Å²) in [5, 5.41) is 6.57. The van der Waals surface area contributed by atoms with Gasteiger partial charge in [-0.3, -0.25) is 0 Å². The third kappa shape index (κ3) is 4.04. The van der Waals surface area contributed by atoms with Gasteiger partial charge >= 0.3 is 0 Å². The minimum absolute atomic E-state index is 0.495. The van der Waals surface area contributed by atoms with Crippen LogP contribution >= 0.6 is 11.6 Å². The number of halogens is 1. The number of benzene rings is 7. The summed E-state index contributed by atoms with van der Waals surface area (Å²) in [4.78, 5) is 0. The number of fused-ring (bicyclic) bond motifs is 6. The van der Waals surface area contributed by atoms with Gasteiger partial charge in [-0.2, -0.15) is 0 Å². The summed E-state index contributed by atoms with van der Waals surface area (Å²) in [5.74, 6) is 0. The first kappa shape index (κ1) is 26.8. The summed E-state index contributed by atoms with van der Waals surface area (Å²) in [6.45, 7) is 0. The van der Waals surface area contributed by atoms with Crippen molar-refractivity contribution < 1.29 is 4.42 Å². The molecular formula is C43H28ClNO. The molecule has 2 nitrogen and oxygen atoms in total. The molecule has 1 aliphatic rings. The van der Waals surface area contributed by atoms with Gasteiger partial charge < -0.3 is 9.73 Å². The van der Waals surface area contributed by atoms with E-state index < -0.39 is 5.41 Å². The van der Waals surface area contributed by atoms with Crippen LogP contribution in [0.5, 0.6) is 0 Å². The van der Waals surface area contributed by atoms with Gasteiger partial charge in [0.1, 0.15) is 11.2 Å². The van der Waals surface area contributed by atoms with E-state index >= 15 is 0 Å². The van der Waals surface area contributed by atoms with Gasteiger partial charge in [0.05, 0.1) is 5.41 Å². The third-order valence-electron chi connectivity index (χ3n) is 9.39. The zero-order valence-corrected chi connectivity index (χ0v) is 25.6. The van der Waals surface area contributed by atoms with Crippen molar-refractivity contribution in [3.05, 3.63) is 191 Å². The lowest BCUT2D eigenvalue weighted by Gasteiger charge is -2.34. The lowest BCUT2D eigenvalue weighted by Crippen LogP contribution is -2.28. The molecule has 218 valence electrons. The predicted molar refractivity (Wildman–Crippen MR) is 191 cm³/mol. The van der Waals surface area contributed by atoms with Crippen LogP contribution in [0.15, 0.2) is 168 Å². The van der Waals surface area contributed by atoms with Gasteiger partial charge in [0.15, 0.2) is 0 Å². The molecule has 0 bridgehead atoms. The normalized spacial score (nSPS) is 13.1. The molecule has 1 aromatic heterocycles. The van der Waals surface area contributed by atoms with Crippen LogP contribution in [-0.2, 0) is 5.41 Å². The Morgan fingerprint density at radius 2 is 1.11 bits per heavy atom. The number of anilines is 2. The zero-order valence-electron chi connectivity index (χ0n) is 24.9. The third-order valence-corrected chi connectivity index (χ3v) is 9.69. The number of furan rings is 1. The Kier molecular flexibility index (Phi) is 6.12. The van der Waals surface area contributed by atoms with Crippen molar-refractivity contribution in [3.8, 4) is 22.3 Å². The summed E-state index contributed by atoms with van der Waals surface area (Å²) in [5.41, 5.74) is 12.6. The fourth-order valence-corrected chi connectivity index (χ4v) is 7.72. The maximum Gasteiger partial charge on any atom is 0.137 e. The Balaban J connectivity index is 1.14. The Hall–Kier alpha value is -5.57. The van der Waals surface area contributed by atoms with E-state index in [-0.39, 0.29) is 0 Å². The van der Waals surface area contributed by atoms with E-state index in [0.717, 1.165) is 55.0 Å². The average Bonchev–Trinajstić information content (AvgIpc) is 3.63. The highest BCUT2D eigenvalue weighted by Gasteiger charge is 2.46. The van der Waals surface area contributed by atoms with Crippen LogP contribution in [-0.4, -0.2) is 0 Å². The zero-order chi connectivity index (χ0) is 30.7. The quantitative estimate of drug-likeness (QED) is 0.210. The van der Waals surface area contributed by atoms with Gasteiger partial charge in [-0.15, -0.1) is 0 Å². The van der Waals surface area contributed by atoms with E-state index in [1.165, 1.54) is 27.8 Å². The second-order valence-corrected chi connectivity index (χ2v) is 12.3. The SMILES string of the molecule is Clc1cc(-c2ccc(Nc3ccc4c(c3)oc3ccccc34)cc2)cc2c1-c1ccccc1C2(c1ccccc1)c1ccccc1. The van der Waals surface area contributed by atoms with E-state index in [1.54, 1.807) is 0 Å². The van der Waals surface area contributed by atoms with Crippen LogP contribution in [0.25, 0.3) is 44.2 Å². The maximum absolute atomic E-state index is 7.25. The maximum atomic E-state index is 7.25. The predicted octanol–water partition coefficient (Wildman–Crippen LogP) is 12.0. The smallest absolute Gasteiger partial charge is 0.137 e. The molecule has 9 rings (SSSR count). The molecule has 46 heavy (non-hydrogen) atoms. The van der Waals surface area contributed by atoms with Crippen molar-refractivity contribution in [1.29, 1.82) is 0 Å². The molecule has 0 atom stereocenters. The minimum atomic E-state index is -0.495. The highest BCUT2D eigenvalue weighted by atomic mass is 35.5. The van der Waals surface area contributed by atoms with Gasteiger partial charge in [0.25, 0.3) is 0 Å². The van der Waals surface area contributed by atoms with Gasteiger partial charge in [-0.05, 0) is 81.4 Å². The fourth-order valence-electron chi connectivity index (χ4n) is 7.40. The fraction of sp³-hybridized carbons (Fsp3) is 0.0233. The Bertz CT molecular complexity index is 2350. The Labute approximate surface area is 272 Å². The summed E-state index contributed by atoms with van der Waals surface area (Å²) in [6.07, 6.45) is 0. The van der Waals surface area contributed by atoms with Crippen LogP contribution in [0.4, 0.5) is 11.4 Å². The molecule has 3 heteroatoms. The topological polar surface area (TPSA) is 25.2 Å². The van der Waals surface area contributed by atoms with E-state index in [9.17, 15) is 0 Å². The first-order chi connectivity index (χ1) is 22.7. The van der Waals surface area contributed by atoms with Crippen molar-refractivity contribution in [2.45, 2.75) is 5.41 Å². The van der Waals surface area contributed by atoms with E-state index in [1.807, 2.05) is 18.2 Å². The molecular weight excluding hydrogens is 582 g/mol. The standard InChI is InChI=1S/C43H28ClNO/c44-39-26-29(28-19-21-32(22-20-28)45-33-23-24-35-34-15-8-10-18-40(34)46-41(35)27-33)25-38-42(39)36-16-7-9-17-37(36)43(38,30-11-3-1-4-12-30)31-13-5-2-6-14-31/h1-27,45H. The second kappa shape index (κ2) is 10.5. The molecule has 1 N–H and O–H groups in total. The largest absolute Gasteiger partial charge is 0.456 e. The van der Waals surface area contributed by atoms with Crippen molar-refractivity contribution in [2.24, 2.45) is 0 Å². The number of para-hydroxylation sites is 1. The summed E-state index contributed by atoms with van der Waals surface area (Å²) < 4.78 is 6.11. The van der Waals surface area contributed by atoms with E-state index in [4.69, 9.17) is 16.0 Å². The molecule has 0 spiro atoms. The monoisotopic (exact) mass is 609 g/mol.